The topological polar surface area (TPSA) is 91.0 Å². The Bertz CT molecular complexity index is 462. The highest BCUT2D eigenvalue weighted by molar-refractivity contribution is 5.90. The molecule has 7 heteroatoms. The van der Waals surface area contributed by atoms with Crippen LogP contribution >= 0.6 is 0 Å². The maximum absolute atomic E-state index is 12.1. The van der Waals surface area contributed by atoms with Crippen molar-refractivity contribution >= 4 is 11.8 Å². The number of aryl methyl sites for hydroxylation is 1. The Morgan fingerprint density at radius 2 is 2.11 bits per heavy atom. The number of hydrogen-bond donors (Lipinski definition) is 2. The fraction of sp³-hybridized carbons (Fsp3) is 0.667. The van der Waals surface area contributed by atoms with Crippen LogP contribution in [0.3, 0.4) is 0 Å². The second-order valence-corrected chi connectivity index (χ2v) is 4.73. The number of piperidine rings is 1. The van der Waals surface area contributed by atoms with Crippen molar-refractivity contribution in [3.8, 4) is 0 Å². The third-order valence-corrected chi connectivity index (χ3v) is 3.26. The second kappa shape index (κ2) is 5.81. The average Bonchev–Trinajstić information content (AvgIpc) is 2.85. The van der Waals surface area contributed by atoms with Gasteiger partial charge in [-0.1, -0.05) is 6.92 Å². The fourth-order valence-corrected chi connectivity index (χ4v) is 2.14. The number of rotatable bonds is 3. The summed E-state index contributed by atoms with van der Waals surface area (Å²) in [6.07, 6.45) is 2.05. The van der Waals surface area contributed by atoms with Gasteiger partial charge in [0, 0.05) is 25.6 Å². The van der Waals surface area contributed by atoms with E-state index in [1.165, 1.54) is 0 Å². The van der Waals surface area contributed by atoms with Crippen molar-refractivity contribution in [3.05, 3.63) is 11.6 Å². The lowest BCUT2D eigenvalue weighted by atomic mass is 10.0. The first-order valence-electron chi connectivity index (χ1n) is 6.57. The van der Waals surface area contributed by atoms with E-state index in [0.29, 0.717) is 25.3 Å². The molecule has 1 saturated heterocycles. The molecule has 2 amide bonds. The van der Waals surface area contributed by atoms with Gasteiger partial charge < -0.3 is 10.2 Å². The third-order valence-electron chi connectivity index (χ3n) is 3.26. The number of aromatic amines is 1. The van der Waals surface area contributed by atoms with Crippen molar-refractivity contribution in [2.24, 2.45) is 0 Å². The molecule has 0 saturated carbocycles. The number of aromatic nitrogens is 3. The Labute approximate surface area is 111 Å². The minimum absolute atomic E-state index is 0.0642. The van der Waals surface area contributed by atoms with Crippen molar-refractivity contribution < 1.29 is 9.59 Å². The normalized spacial score (nSPS) is 16.4. The first-order chi connectivity index (χ1) is 9.10. The number of amides is 2. The van der Waals surface area contributed by atoms with Gasteiger partial charge in [0.05, 0.1) is 0 Å². The van der Waals surface area contributed by atoms with E-state index in [1.54, 1.807) is 11.8 Å². The number of carbonyl (C=O) groups excluding carboxylic acids is 2. The van der Waals surface area contributed by atoms with Crippen LogP contribution in [0, 0.1) is 6.92 Å². The molecule has 0 aromatic carbocycles. The molecule has 1 aliphatic rings. The van der Waals surface area contributed by atoms with Gasteiger partial charge in [0.25, 0.3) is 5.91 Å². The van der Waals surface area contributed by atoms with Gasteiger partial charge >= 0.3 is 0 Å². The lowest BCUT2D eigenvalue weighted by Crippen LogP contribution is -2.46. The molecule has 1 fully saturated rings. The molecule has 2 rings (SSSR count). The van der Waals surface area contributed by atoms with Crippen LogP contribution in [0.1, 0.15) is 42.6 Å². The summed E-state index contributed by atoms with van der Waals surface area (Å²) in [5, 5.41) is 9.50. The van der Waals surface area contributed by atoms with Crippen LogP contribution < -0.4 is 5.32 Å². The summed E-state index contributed by atoms with van der Waals surface area (Å²) in [6, 6.07) is 0.172. The van der Waals surface area contributed by atoms with Crippen molar-refractivity contribution in [2.45, 2.75) is 39.2 Å². The lowest BCUT2D eigenvalue weighted by molar-refractivity contribution is -0.121. The number of likely N-dealkylation sites (tertiary alicyclic amines) is 1. The highest BCUT2D eigenvalue weighted by atomic mass is 16.2. The summed E-state index contributed by atoms with van der Waals surface area (Å²) < 4.78 is 0. The van der Waals surface area contributed by atoms with Crippen LogP contribution in [0.2, 0.25) is 0 Å². The van der Waals surface area contributed by atoms with Crippen molar-refractivity contribution in [3.63, 3.8) is 0 Å². The highest BCUT2D eigenvalue weighted by Crippen LogP contribution is 2.12. The maximum Gasteiger partial charge on any atom is 0.293 e. The van der Waals surface area contributed by atoms with Crippen LogP contribution in [0.4, 0.5) is 0 Å². The van der Waals surface area contributed by atoms with Gasteiger partial charge in [-0.05, 0) is 19.8 Å². The summed E-state index contributed by atoms with van der Waals surface area (Å²) in [7, 11) is 0. The van der Waals surface area contributed by atoms with Crippen LogP contribution in [-0.2, 0) is 4.79 Å². The van der Waals surface area contributed by atoms with Gasteiger partial charge in [-0.15, -0.1) is 5.10 Å². The Morgan fingerprint density at radius 1 is 1.42 bits per heavy atom. The van der Waals surface area contributed by atoms with Gasteiger partial charge in [0.15, 0.2) is 0 Å². The van der Waals surface area contributed by atoms with Crippen LogP contribution in [0.25, 0.3) is 0 Å². The van der Waals surface area contributed by atoms with E-state index >= 15 is 0 Å². The molecule has 0 aliphatic carbocycles. The predicted molar refractivity (Wildman–Crippen MR) is 68.5 cm³/mol. The van der Waals surface area contributed by atoms with E-state index in [4.69, 9.17) is 0 Å². The standard InChI is InChI=1S/C12H19N5O2/c1-3-10(18)14-9-4-6-17(7-5-9)12(19)11-13-8(2)15-16-11/h9H,3-7H2,1-2H3,(H,14,18)(H,13,15,16). The quantitative estimate of drug-likeness (QED) is 0.819. The number of nitrogens with zero attached hydrogens (tertiary/aromatic N) is 3. The SMILES string of the molecule is CCC(=O)NC1CCN(C(=O)c2n[nH]c(C)n2)CC1. The Hall–Kier alpha value is -1.92. The van der Waals surface area contributed by atoms with Crippen LogP contribution in [0.5, 0.6) is 0 Å². The summed E-state index contributed by atoms with van der Waals surface area (Å²) in [5.41, 5.74) is 0. The molecule has 0 bridgehead atoms. The van der Waals surface area contributed by atoms with Gasteiger partial charge in [-0.2, -0.15) is 0 Å². The van der Waals surface area contributed by atoms with E-state index in [0.717, 1.165) is 12.8 Å². The van der Waals surface area contributed by atoms with E-state index in [1.807, 2.05) is 6.92 Å². The zero-order valence-electron chi connectivity index (χ0n) is 11.3. The van der Waals surface area contributed by atoms with E-state index in [-0.39, 0.29) is 23.7 Å². The Morgan fingerprint density at radius 3 is 2.63 bits per heavy atom. The molecule has 0 unspecified atom stereocenters. The molecule has 0 radical (unpaired) electrons. The molecule has 2 N–H and O–H groups in total. The van der Waals surface area contributed by atoms with Crippen molar-refractivity contribution in [1.29, 1.82) is 0 Å². The lowest BCUT2D eigenvalue weighted by Gasteiger charge is -2.31. The van der Waals surface area contributed by atoms with Gasteiger partial charge in [-0.25, -0.2) is 4.98 Å². The van der Waals surface area contributed by atoms with Crippen LogP contribution in [-0.4, -0.2) is 51.0 Å². The summed E-state index contributed by atoms with van der Waals surface area (Å²) >= 11 is 0. The molecule has 19 heavy (non-hydrogen) atoms. The smallest absolute Gasteiger partial charge is 0.293 e. The fourth-order valence-electron chi connectivity index (χ4n) is 2.14. The van der Waals surface area contributed by atoms with Gasteiger partial charge in [-0.3, -0.25) is 14.7 Å². The maximum atomic E-state index is 12.1. The highest BCUT2D eigenvalue weighted by Gasteiger charge is 2.26. The summed E-state index contributed by atoms with van der Waals surface area (Å²) in [4.78, 5) is 29.2. The number of hydrogen-bond acceptors (Lipinski definition) is 4. The Kier molecular flexibility index (Phi) is 4.13. The number of nitrogens with one attached hydrogen (secondary N) is 2. The molecule has 0 spiro atoms. The molecular formula is C12H19N5O2. The number of carbonyl (C=O) groups is 2. The largest absolute Gasteiger partial charge is 0.353 e. The first kappa shape index (κ1) is 13.5. The molecule has 2 heterocycles. The number of H-pyrrole nitrogens is 1. The monoisotopic (exact) mass is 265 g/mol. The minimum Gasteiger partial charge on any atom is -0.353 e. The van der Waals surface area contributed by atoms with Crippen LogP contribution in [0.15, 0.2) is 0 Å². The average molecular weight is 265 g/mol. The zero-order chi connectivity index (χ0) is 13.8. The Balaban J connectivity index is 1.86. The van der Waals surface area contributed by atoms with E-state index in [9.17, 15) is 9.59 Å². The van der Waals surface area contributed by atoms with E-state index in [2.05, 4.69) is 20.5 Å². The zero-order valence-corrected chi connectivity index (χ0v) is 11.3. The second-order valence-electron chi connectivity index (χ2n) is 4.73. The van der Waals surface area contributed by atoms with Crippen molar-refractivity contribution in [1.82, 2.24) is 25.4 Å². The van der Waals surface area contributed by atoms with Gasteiger partial charge in [0.2, 0.25) is 11.7 Å². The first-order valence-corrected chi connectivity index (χ1v) is 6.57. The molecule has 1 aromatic heterocycles. The van der Waals surface area contributed by atoms with Gasteiger partial charge in [0.1, 0.15) is 5.82 Å². The molecular weight excluding hydrogens is 246 g/mol. The molecule has 104 valence electrons. The minimum atomic E-state index is -0.149. The molecule has 7 nitrogen and oxygen atoms in total. The molecule has 0 atom stereocenters. The third kappa shape index (κ3) is 3.30. The van der Waals surface area contributed by atoms with E-state index < -0.39 is 0 Å². The molecule has 1 aliphatic heterocycles. The predicted octanol–water partition coefficient (Wildman–Crippen LogP) is 0.244. The molecule has 1 aromatic rings. The summed E-state index contributed by atoms with van der Waals surface area (Å²) in [5.74, 6) is 0.765. The summed E-state index contributed by atoms with van der Waals surface area (Å²) in [6.45, 7) is 4.85. The van der Waals surface area contributed by atoms with Crippen molar-refractivity contribution in [2.75, 3.05) is 13.1 Å².